The molecule has 0 radical (unpaired) electrons. The van der Waals surface area contributed by atoms with E-state index in [0.29, 0.717) is 12.3 Å². The molecule has 0 fully saturated rings. The van der Waals surface area contributed by atoms with Crippen molar-refractivity contribution in [3.63, 3.8) is 0 Å². The first-order chi connectivity index (χ1) is 7.22. The van der Waals surface area contributed by atoms with E-state index in [1.165, 1.54) is 6.08 Å². The van der Waals surface area contributed by atoms with Crippen molar-refractivity contribution < 1.29 is 9.53 Å². The van der Waals surface area contributed by atoms with Crippen molar-refractivity contribution in [1.29, 1.82) is 0 Å². The van der Waals surface area contributed by atoms with Crippen LogP contribution in [-0.4, -0.2) is 23.8 Å². The number of alkyl halides is 2. The highest BCUT2D eigenvalue weighted by Gasteiger charge is 2.15. The van der Waals surface area contributed by atoms with Crippen LogP contribution in [0.3, 0.4) is 0 Å². The maximum Gasteiger partial charge on any atom is 0.324 e. The van der Waals surface area contributed by atoms with Gasteiger partial charge in [0.05, 0.1) is 0 Å². The topological polar surface area (TPSA) is 26.3 Å². The summed E-state index contributed by atoms with van der Waals surface area (Å²) in [5.74, 6) is 0.347. The molecule has 0 saturated carbocycles. The van der Waals surface area contributed by atoms with Gasteiger partial charge in [0.25, 0.3) is 0 Å². The molecule has 0 saturated heterocycles. The lowest BCUT2D eigenvalue weighted by atomic mass is 10.1. The molecule has 0 N–H and O–H groups in total. The largest absolute Gasteiger partial charge is 0.460 e. The average Bonchev–Trinajstić information content (AvgIpc) is 2.25. The third kappa shape index (κ3) is 8.76. The number of halogens is 2. The predicted octanol–water partition coefficient (Wildman–Crippen LogP) is 3.51. The van der Waals surface area contributed by atoms with Crippen LogP contribution in [-0.2, 0) is 9.53 Å². The molecule has 0 aromatic carbocycles. The SMILES string of the molecule is C=CCOC(=O)C(Cl)CCCCCCCl. The zero-order valence-corrected chi connectivity index (χ0v) is 10.4. The standard InChI is InChI=1S/C11H18Cl2O2/c1-2-9-15-11(14)10(13)7-5-3-4-6-8-12/h2,10H,1,3-9H2. The van der Waals surface area contributed by atoms with E-state index in [-0.39, 0.29) is 12.6 Å². The molecule has 15 heavy (non-hydrogen) atoms. The molecule has 0 bridgehead atoms. The second-order valence-electron chi connectivity index (χ2n) is 3.28. The lowest BCUT2D eigenvalue weighted by Gasteiger charge is -2.07. The minimum atomic E-state index is -0.527. The lowest BCUT2D eigenvalue weighted by molar-refractivity contribution is -0.142. The van der Waals surface area contributed by atoms with Crippen LogP contribution in [0.2, 0.25) is 0 Å². The summed E-state index contributed by atoms with van der Waals surface area (Å²) < 4.78 is 4.82. The Morgan fingerprint density at radius 3 is 2.60 bits per heavy atom. The van der Waals surface area contributed by atoms with Crippen molar-refractivity contribution >= 4 is 29.2 Å². The van der Waals surface area contributed by atoms with Crippen molar-refractivity contribution in [2.75, 3.05) is 12.5 Å². The summed E-state index contributed by atoms with van der Waals surface area (Å²) in [5, 5.41) is -0.527. The number of unbranched alkanes of at least 4 members (excludes halogenated alkanes) is 3. The number of esters is 1. The van der Waals surface area contributed by atoms with Crippen molar-refractivity contribution in [1.82, 2.24) is 0 Å². The molecule has 2 nitrogen and oxygen atoms in total. The summed E-state index contributed by atoms with van der Waals surface area (Å²) in [6.45, 7) is 3.69. The third-order valence-corrected chi connectivity index (χ3v) is 2.60. The van der Waals surface area contributed by atoms with Crippen molar-refractivity contribution in [2.24, 2.45) is 0 Å². The van der Waals surface area contributed by atoms with E-state index in [9.17, 15) is 4.79 Å². The van der Waals surface area contributed by atoms with E-state index < -0.39 is 5.38 Å². The Labute approximate surface area is 102 Å². The van der Waals surface area contributed by atoms with Gasteiger partial charge in [-0.1, -0.05) is 31.9 Å². The number of carbonyl (C=O) groups is 1. The van der Waals surface area contributed by atoms with Gasteiger partial charge >= 0.3 is 5.97 Å². The van der Waals surface area contributed by atoms with Gasteiger partial charge in [0.1, 0.15) is 12.0 Å². The van der Waals surface area contributed by atoms with Gasteiger partial charge in [-0.15, -0.1) is 23.2 Å². The zero-order chi connectivity index (χ0) is 11.5. The molecule has 1 unspecified atom stereocenters. The minimum Gasteiger partial charge on any atom is -0.460 e. The average molecular weight is 253 g/mol. The molecule has 1 atom stereocenters. The molecule has 0 aliphatic rings. The van der Waals surface area contributed by atoms with E-state index in [0.717, 1.165) is 25.7 Å². The van der Waals surface area contributed by atoms with Gasteiger partial charge in [-0.05, 0) is 12.8 Å². The van der Waals surface area contributed by atoms with Crippen LogP contribution in [0.15, 0.2) is 12.7 Å². The summed E-state index contributed by atoms with van der Waals surface area (Å²) in [4.78, 5) is 11.2. The Kier molecular flexibility index (Phi) is 10.2. The summed E-state index contributed by atoms with van der Waals surface area (Å²) in [6, 6.07) is 0. The molecule has 0 rings (SSSR count). The number of rotatable bonds is 9. The van der Waals surface area contributed by atoms with Gasteiger partial charge < -0.3 is 4.74 Å². The fourth-order valence-corrected chi connectivity index (χ4v) is 1.53. The summed E-state index contributed by atoms with van der Waals surface area (Å²) in [6.07, 6.45) is 6.31. The monoisotopic (exact) mass is 252 g/mol. The fraction of sp³-hybridized carbons (Fsp3) is 0.727. The summed E-state index contributed by atoms with van der Waals surface area (Å²) in [7, 11) is 0. The molecule has 0 aromatic heterocycles. The quantitative estimate of drug-likeness (QED) is 0.272. The molecule has 0 aliphatic carbocycles. The van der Waals surface area contributed by atoms with Gasteiger partial charge in [-0.25, -0.2) is 0 Å². The molecule has 88 valence electrons. The number of carbonyl (C=O) groups excluding carboxylic acids is 1. The second kappa shape index (κ2) is 10.3. The Balaban J connectivity index is 3.42. The van der Waals surface area contributed by atoms with E-state index in [2.05, 4.69) is 6.58 Å². The Hall–Kier alpha value is -0.210. The number of hydrogen-bond donors (Lipinski definition) is 0. The third-order valence-electron chi connectivity index (χ3n) is 1.94. The highest BCUT2D eigenvalue weighted by atomic mass is 35.5. The fourth-order valence-electron chi connectivity index (χ4n) is 1.12. The summed E-state index contributed by atoms with van der Waals surface area (Å²) >= 11 is 11.4. The van der Waals surface area contributed by atoms with Crippen LogP contribution in [0, 0.1) is 0 Å². The van der Waals surface area contributed by atoms with Crippen LogP contribution in [0.25, 0.3) is 0 Å². The predicted molar refractivity (Wildman–Crippen MR) is 64.6 cm³/mol. The van der Waals surface area contributed by atoms with Gasteiger partial charge in [-0.2, -0.15) is 0 Å². The van der Waals surface area contributed by atoms with Crippen LogP contribution in [0.4, 0.5) is 0 Å². The van der Waals surface area contributed by atoms with Crippen molar-refractivity contribution in [3.8, 4) is 0 Å². The second-order valence-corrected chi connectivity index (χ2v) is 4.18. The smallest absolute Gasteiger partial charge is 0.324 e. The molecule has 0 aliphatic heterocycles. The van der Waals surface area contributed by atoms with Crippen LogP contribution >= 0.6 is 23.2 Å². The molecular weight excluding hydrogens is 235 g/mol. The van der Waals surface area contributed by atoms with Gasteiger partial charge in [-0.3, -0.25) is 4.79 Å². The number of hydrogen-bond acceptors (Lipinski definition) is 2. The van der Waals surface area contributed by atoms with Gasteiger partial charge in [0.15, 0.2) is 0 Å². The first kappa shape index (κ1) is 14.8. The molecule has 0 amide bonds. The Morgan fingerprint density at radius 2 is 2.00 bits per heavy atom. The van der Waals surface area contributed by atoms with Gasteiger partial charge in [0, 0.05) is 5.88 Å². The Morgan fingerprint density at radius 1 is 1.33 bits per heavy atom. The number of ether oxygens (including phenoxy) is 1. The molecular formula is C11H18Cl2O2. The molecule has 0 aromatic rings. The highest BCUT2D eigenvalue weighted by molar-refractivity contribution is 6.29. The highest BCUT2D eigenvalue weighted by Crippen LogP contribution is 2.12. The minimum absolute atomic E-state index is 0.230. The molecule has 0 spiro atoms. The van der Waals surface area contributed by atoms with E-state index in [1.807, 2.05) is 0 Å². The summed E-state index contributed by atoms with van der Waals surface area (Å²) in [5.41, 5.74) is 0. The molecule has 0 heterocycles. The maximum atomic E-state index is 11.2. The van der Waals surface area contributed by atoms with Crippen molar-refractivity contribution in [3.05, 3.63) is 12.7 Å². The Bertz CT molecular complexity index is 183. The zero-order valence-electron chi connectivity index (χ0n) is 8.88. The van der Waals surface area contributed by atoms with Crippen molar-refractivity contribution in [2.45, 2.75) is 37.5 Å². The lowest BCUT2D eigenvalue weighted by Crippen LogP contribution is -2.17. The molecule has 4 heteroatoms. The van der Waals surface area contributed by atoms with Gasteiger partial charge in [0.2, 0.25) is 0 Å². The van der Waals surface area contributed by atoms with Crippen LogP contribution in [0.1, 0.15) is 32.1 Å². The van der Waals surface area contributed by atoms with Crippen LogP contribution < -0.4 is 0 Å². The van der Waals surface area contributed by atoms with E-state index in [1.54, 1.807) is 0 Å². The maximum absolute atomic E-state index is 11.2. The first-order valence-electron chi connectivity index (χ1n) is 5.20. The van der Waals surface area contributed by atoms with E-state index in [4.69, 9.17) is 27.9 Å². The normalized spacial score (nSPS) is 12.1. The first-order valence-corrected chi connectivity index (χ1v) is 6.17. The van der Waals surface area contributed by atoms with E-state index >= 15 is 0 Å². The van der Waals surface area contributed by atoms with Crippen LogP contribution in [0.5, 0.6) is 0 Å².